The fraction of sp³-hybridized carbons (Fsp3) is 0. The van der Waals surface area contributed by atoms with Crippen molar-refractivity contribution in [2.75, 3.05) is 4.72 Å². The van der Waals surface area contributed by atoms with Crippen molar-refractivity contribution in [3.05, 3.63) is 48.3 Å². The van der Waals surface area contributed by atoms with E-state index < -0.39 is 26.6 Å². The van der Waals surface area contributed by atoms with Gasteiger partial charge in [0.15, 0.2) is 11.6 Å². The summed E-state index contributed by atoms with van der Waals surface area (Å²) in [5, 5.41) is 3.81. The van der Waals surface area contributed by atoms with Crippen LogP contribution in [0.15, 0.2) is 41.6 Å². The summed E-state index contributed by atoms with van der Waals surface area (Å²) < 4.78 is 53.9. The van der Waals surface area contributed by atoms with Gasteiger partial charge in [0.25, 0.3) is 21.7 Å². The van der Waals surface area contributed by atoms with Crippen LogP contribution in [0.4, 0.5) is 14.7 Å². The van der Waals surface area contributed by atoms with Crippen molar-refractivity contribution >= 4 is 21.7 Å². The van der Waals surface area contributed by atoms with E-state index in [0.29, 0.717) is 0 Å². The van der Waals surface area contributed by atoms with Gasteiger partial charge in [-0.05, 0) is 18.2 Å². The van der Waals surface area contributed by atoms with Gasteiger partial charge in [0.1, 0.15) is 4.90 Å². The summed E-state index contributed by atoms with van der Waals surface area (Å²) in [7, 11) is -4.35. The number of nitrogens with zero attached hydrogens (tertiary/aromatic N) is 4. The third kappa shape index (κ3) is 2.40. The molecule has 0 atom stereocenters. The highest BCUT2D eigenvalue weighted by Crippen LogP contribution is 2.19. The van der Waals surface area contributed by atoms with Gasteiger partial charge in [0.05, 0.1) is 0 Å². The molecule has 0 fully saturated rings. The minimum atomic E-state index is -4.35. The van der Waals surface area contributed by atoms with Gasteiger partial charge >= 0.3 is 0 Å². The van der Waals surface area contributed by atoms with Crippen LogP contribution >= 0.6 is 0 Å². The molecule has 108 valence electrons. The lowest BCUT2D eigenvalue weighted by Crippen LogP contribution is -2.16. The summed E-state index contributed by atoms with van der Waals surface area (Å²) in [6.07, 6.45) is 2.96. The minimum Gasteiger partial charge on any atom is -0.246 e. The Kier molecular flexibility index (Phi) is 3.01. The van der Waals surface area contributed by atoms with E-state index in [0.717, 1.165) is 18.2 Å². The lowest BCUT2D eigenvalue weighted by molar-refractivity contribution is 0.485. The average molecular weight is 311 g/mol. The first kappa shape index (κ1) is 13.4. The van der Waals surface area contributed by atoms with Crippen LogP contribution in [0.3, 0.4) is 0 Å². The number of sulfonamides is 1. The number of nitrogens with one attached hydrogen (secondary N) is 1. The SMILES string of the molecule is O=S(=O)(Nc1nc2ncccn2n1)c1cccc(F)c1F. The molecule has 3 rings (SSSR count). The first-order valence-electron chi connectivity index (χ1n) is 5.61. The summed E-state index contributed by atoms with van der Waals surface area (Å²) in [4.78, 5) is 6.84. The molecular weight excluding hydrogens is 304 g/mol. The molecule has 0 unspecified atom stereocenters. The highest BCUT2D eigenvalue weighted by molar-refractivity contribution is 7.92. The molecule has 0 amide bonds. The molecule has 0 saturated carbocycles. The molecule has 0 saturated heterocycles. The summed E-state index contributed by atoms with van der Waals surface area (Å²) in [6.45, 7) is 0. The molecule has 1 aromatic carbocycles. The number of anilines is 1. The maximum absolute atomic E-state index is 13.6. The van der Waals surface area contributed by atoms with Crippen LogP contribution in [-0.2, 0) is 10.0 Å². The van der Waals surface area contributed by atoms with Crippen molar-refractivity contribution in [2.24, 2.45) is 0 Å². The standard InChI is InChI=1S/C11H7F2N5O2S/c12-7-3-1-4-8(9(7)13)21(19,20)17-10-15-11-14-5-2-6-18(11)16-10/h1-6H,(H,16,17). The van der Waals surface area contributed by atoms with E-state index in [2.05, 4.69) is 15.1 Å². The Labute approximate surface area is 117 Å². The molecule has 3 aromatic rings. The van der Waals surface area contributed by atoms with Crippen LogP contribution in [0.2, 0.25) is 0 Å². The molecule has 2 aromatic heterocycles. The Hall–Kier alpha value is -2.62. The normalized spacial score (nSPS) is 11.7. The molecule has 0 aliphatic rings. The number of fused-ring (bicyclic) bond motifs is 1. The van der Waals surface area contributed by atoms with Gasteiger partial charge in [-0.15, -0.1) is 5.10 Å². The van der Waals surface area contributed by atoms with Gasteiger partial charge < -0.3 is 0 Å². The zero-order chi connectivity index (χ0) is 15.0. The lowest BCUT2D eigenvalue weighted by Gasteiger charge is -2.05. The largest absolute Gasteiger partial charge is 0.267 e. The molecule has 0 radical (unpaired) electrons. The first-order valence-corrected chi connectivity index (χ1v) is 7.10. The lowest BCUT2D eigenvalue weighted by atomic mass is 10.3. The Morgan fingerprint density at radius 2 is 2.00 bits per heavy atom. The number of halogens is 2. The molecule has 1 N–H and O–H groups in total. The third-order valence-corrected chi connectivity index (χ3v) is 3.89. The van der Waals surface area contributed by atoms with Crippen molar-refractivity contribution in [1.82, 2.24) is 19.6 Å². The highest BCUT2D eigenvalue weighted by Gasteiger charge is 2.23. The molecule has 0 aliphatic heterocycles. The summed E-state index contributed by atoms with van der Waals surface area (Å²) >= 11 is 0. The molecule has 10 heteroatoms. The van der Waals surface area contributed by atoms with Gasteiger partial charge in [-0.1, -0.05) is 6.07 Å². The molecule has 7 nitrogen and oxygen atoms in total. The average Bonchev–Trinajstić information content (AvgIpc) is 2.82. The Morgan fingerprint density at radius 1 is 1.19 bits per heavy atom. The number of rotatable bonds is 3. The minimum absolute atomic E-state index is 0.162. The first-order chi connectivity index (χ1) is 9.97. The Morgan fingerprint density at radius 3 is 2.76 bits per heavy atom. The van der Waals surface area contributed by atoms with Crippen LogP contribution in [0.5, 0.6) is 0 Å². The van der Waals surface area contributed by atoms with Crippen LogP contribution in [0, 0.1) is 11.6 Å². The van der Waals surface area contributed by atoms with Crippen LogP contribution in [0.1, 0.15) is 0 Å². The monoisotopic (exact) mass is 311 g/mol. The highest BCUT2D eigenvalue weighted by atomic mass is 32.2. The van der Waals surface area contributed by atoms with Crippen molar-refractivity contribution in [3.8, 4) is 0 Å². The molecule has 2 heterocycles. The van der Waals surface area contributed by atoms with E-state index in [-0.39, 0.29) is 11.7 Å². The van der Waals surface area contributed by atoms with Gasteiger partial charge in [-0.25, -0.2) is 31.4 Å². The molecular formula is C11H7F2N5O2S. The van der Waals surface area contributed by atoms with E-state index >= 15 is 0 Å². The predicted molar refractivity (Wildman–Crippen MR) is 67.9 cm³/mol. The van der Waals surface area contributed by atoms with Gasteiger partial charge in [-0.3, -0.25) is 0 Å². The van der Waals surface area contributed by atoms with E-state index in [4.69, 9.17) is 0 Å². The summed E-state index contributed by atoms with van der Waals surface area (Å²) in [5.41, 5.74) is 0. The maximum Gasteiger partial charge on any atom is 0.267 e. The maximum atomic E-state index is 13.6. The number of hydrogen-bond acceptors (Lipinski definition) is 5. The van der Waals surface area contributed by atoms with E-state index in [1.54, 1.807) is 6.07 Å². The van der Waals surface area contributed by atoms with Gasteiger partial charge in [0.2, 0.25) is 0 Å². The number of benzene rings is 1. The predicted octanol–water partition coefficient (Wildman–Crippen LogP) is 1.20. The third-order valence-electron chi connectivity index (χ3n) is 2.55. The van der Waals surface area contributed by atoms with Crippen LogP contribution < -0.4 is 4.72 Å². The van der Waals surface area contributed by atoms with Crippen molar-refractivity contribution in [1.29, 1.82) is 0 Å². The van der Waals surface area contributed by atoms with Crippen LogP contribution in [-0.4, -0.2) is 28.0 Å². The van der Waals surface area contributed by atoms with Crippen LogP contribution in [0.25, 0.3) is 5.78 Å². The zero-order valence-corrected chi connectivity index (χ0v) is 11.1. The van der Waals surface area contributed by atoms with Gasteiger partial charge in [0, 0.05) is 12.4 Å². The van der Waals surface area contributed by atoms with Crippen molar-refractivity contribution in [2.45, 2.75) is 4.90 Å². The van der Waals surface area contributed by atoms with E-state index in [1.807, 2.05) is 4.72 Å². The quantitative estimate of drug-likeness (QED) is 0.785. The molecule has 0 aliphatic carbocycles. The van der Waals surface area contributed by atoms with Crippen molar-refractivity contribution in [3.63, 3.8) is 0 Å². The molecule has 21 heavy (non-hydrogen) atoms. The fourth-order valence-electron chi connectivity index (χ4n) is 1.64. The Bertz CT molecular complexity index is 892. The number of aromatic nitrogens is 4. The molecule has 0 bridgehead atoms. The van der Waals surface area contributed by atoms with Crippen molar-refractivity contribution < 1.29 is 17.2 Å². The second kappa shape index (κ2) is 4.74. The second-order valence-electron chi connectivity index (χ2n) is 3.96. The van der Waals surface area contributed by atoms with E-state index in [1.165, 1.54) is 16.9 Å². The summed E-state index contributed by atoms with van der Waals surface area (Å²) in [6, 6.07) is 4.42. The summed E-state index contributed by atoms with van der Waals surface area (Å²) in [5.74, 6) is -2.86. The Balaban J connectivity index is 2.01. The zero-order valence-electron chi connectivity index (χ0n) is 10.2. The van der Waals surface area contributed by atoms with Gasteiger partial charge in [-0.2, -0.15) is 4.98 Å². The molecule has 0 spiro atoms. The number of hydrogen-bond donors (Lipinski definition) is 1. The fourth-order valence-corrected chi connectivity index (χ4v) is 2.67. The smallest absolute Gasteiger partial charge is 0.246 e. The van der Waals surface area contributed by atoms with E-state index in [9.17, 15) is 17.2 Å². The topological polar surface area (TPSA) is 89.2 Å². The second-order valence-corrected chi connectivity index (χ2v) is 5.61.